The highest BCUT2D eigenvalue weighted by Gasteiger charge is 2.64. The second kappa shape index (κ2) is 6.79. The first-order valence-corrected chi connectivity index (χ1v) is 10.0. The molecule has 0 amide bonds. The van der Waals surface area contributed by atoms with E-state index in [4.69, 9.17) is 9.53 Å². The van der Waals surface area contributed by atoms with Crippen molar-refractivity contribution in [3.8, 4) is 0 Å². The van der Waals surface area contributed by atoms with Gasteiger partial charge in [0.15, 0.2) is 0 Å². The molecule has 0 aliphatic rings. The topological polar surface area (TPSA) is 63.6 Å². The molecule has 0 heterocycles. The van der Waals surface area contributed by atoms with Gasteiger partial charge in [-0.2, -0.15) is 0 Å². The van der Waals surface area contributed by atoms with Crippen molar-refractivity contribution in [2.45, 2.75) is 90.3 Å². The summed E-state index contributed by atoms with van der Waals surface area (Å²) in [5, 5.41) is 8.42. The average Bonchev–Trinajstić information content (AvgIpc) is 2.27. The largest absolute Gasteiger partial charge is 0.517 e. The molecule has 0 radical (unpaired) electrons. The number of carbonyl (C=O) groups excluding carboxylic acids is 1. The third kappa shape index (κ3) is 4.69. The molecule has 0 aliphatic carbocycles. The Morgan fingerprint density at radius 1 is 0.870 bits per heavy atom. The summed E-state index contributed by atoms with van der Waals surface area (Å²) in [6.45, 7) is 22.7. The van der Waals surface area contributed by atoms with Gasteiger partial charge in [0.25, 0.3) is 14.3 Å². The average molecular weight is 343 g/mol. The SMILES string of the molecule is C=C(CCC(=O)O[Si](C(C)(C)C)(C(C)(C)C)C(C)(C)C)C(=O)O. The molecule has 0 rings (SSSR count). The second-order valence-corrected chi connectivity index (χ2v) is 15.4. The molecule has 134 valence electrons. The van der Waals surface area contributed by atoms with E-state index in [1.54, 1.807) is 0 Å². The van der Waals surface area contributed by atoms with Crippen molar-refractivity contribution in [1.29, 1.82) is 0 Å². The van der Waals surface area contributed by atoms with Crippen molar-refractivity contribution in [3.05, 3.63) is 12.2 Å². The zero-order chi connectivity index (χ0) is 18.9. The number of carboxylic acids is 1. The van der Waals surface area contributed by atoms with Gasteiger partial charge < -0.3 is 9.53 Å². The molecular formula is C18H34O4Si. The fourth-order valence-electron chi connectivity index (χ4n) is 4.42. The predicted molar refractivity (Wildman–Crippen MR) is 97.0 cm³/mol. The van der Waals surface area contributed by atoms with E-state index in [1.807, 2.05) is 0 Å². The molecule has 0 aromatic rings. The van der Waals surface area contributed by atoms with Crippen molar-refractivity contribution >= 4 is 20.3 Å². The summed E-state index contributed by atoms with van der Waals surface area (Å²) >= 11 is 0. The van der Waals surface area contributed by atoms with E-state index in [1.165, 1.54) is 0 Å². The van der Waals surface area contributed by atoms with E-state index in [0.717, 1.165) is 0 Å². The minimum absolute atomic E-state index is 0.0384. The summed E-state index contributed by atoms with van der Waals surface area (Å²) in [5.74, 6) is -1.39. The lowest BCUT2D eigenvalue weighted by molar-refractivity contribution is -0.136. The molecular weight excluding hydrogens is 308 g/mol. The van der Waals surface area contributed by atoms with Crippen LogP contribution in [0.5, 0.6) is 0 Å². The molecule has 23 heavy (non-hydrogen) atoms. The summed E-state index contributed by atoms with van der Waals surface area (Å²) in [4.78, 5) is 23.3. The quantitative estimate of drug-likeness (QED) is 0.544. The summed E-state index contributed by atoms with van der Waals surface area (Å²) in [6, 6.07) is 0. The van der Waals surface area contributed by atoms with Crippen LogP contribution in [0, 0.1) is 0 Å². The Balaban J connectivity index is 5.63. The molecule has 0 unspecified atom stereocenters. The fourth-order valence-corrected chi connectivity index (χ4v) is 12.5. The van der Waals surface area contributed by atoms with Crippen LogP contribution in [0.3, 0.4) is 0 Å². The molecule has 0 saturated carbocycles. The first-order chi connectivity index (χ1) is 9.97. The number of hydrogen-bond acceptors (Lipinski definition) is 3. The molecule has 5 heteroatoms. The van der Waals surface area contributed by atoms with E-state index in [9.17, 15) is 9.59 Å². The van der Waals surface area contributed by atoms with Crippen LogP contribution in [0.4, 0.5) is 0 Å². The Morgan fingerprint density at radius 2 is 1.22 bits per heavy atom. The molecule has 1 N–H and O–H groups in total. The van der Waals surface area contributed by atoms with Gasteiger partial charge in [-0.15, -0.1) is 0 Å². The smallest absolute Gasteiger partial charge is 0.330 e. The van der Waals surface area contributed by atoms with Gasteiger partial charge in [-0.3, -0.25) is 4.79 Å². The van der Waals surface area contributed by atoms with Crippen molar-refractivity contribution in [2.75, 3.05) is 0 Å². The standard InChI is InChI=1S/C18H34O4Si/c1-13(15(20)21)11-12-14(19)22-23(16(2,3)4,17(5,6)7)18(8,9)10/h1,11-12H2,2-10H3,(H,20,21). The van der Waals surface area contributed by atoms with Crippen LogP contribution < -0.4 is 0 Å². The highest BCUT2D eigenvalue weighted by Crippen LogP contribution is 2.62. The van der Waals surface area contributed by atoms with E-state index in [2.05, 4.69) is 68.9 Å². The predicted octanol–water partition coefficient (Wildman–Crippen LogP) is 5.30. The normalized spacial score (nSPS) is 13.6. The van der Waals surface area contributed by atoms with Gasteiger partial charge in [0, 0.05) is 12.0 Å². The molecule has 0 atom stereocenters. The Morgan fingerprint density at radius 3 is 1.48 bits per heavy atom. The minimum atomic E-state index is -2.59. The lowest BCUT2D eigenvalue weighted by Crippen LogP contribution is -2.61. The minimum Gasteiger partial charge on any atom is -0.517 e. The van der Waals surface area contributed by atoms with Crippen LogP contribution in [0.1, 0.15) is 75.2 Å². The van der Waals surface area contributed by atoms with Gasteiger partial charge in [-0.25, -0.2) is 4.79 Å². The van der Waals surface area contributed by atoms with E-state index < -0.39 is 14.3 Å². The van der Waals surface area contributed by atoms with Crippen LogP contribution >= 0.6 is 0 Å². The van der Waals surface area contributed by atoms with Crippen LogP contribution in [0.25, 0.3) is 0 Å². The lowest BCUT2D eigenvalue weighted by Gasteiger charge is -2.56. The molecule has 0 saturated heterocycles. The number of rotatable bonds is 5. The van der Waals surface area contributed by atoms with Crippen LogP contribution in [-0.2, 0) is 14.0 Å². The summed E-state index contributed by atoms with van der Waals surface area (Å²) in [5.41, 5.74) is 0.0384. The summed E-state index contributed by atoms with van der Waals surface area (Å²) in [6.07, 6.45) is 0.180. The number of carbonyl (C=O) groups is 2. The van der Waals surface area contributed by atoms with E-state index >= 15 is 0 Å². The second-order valence-electron chi connectivity index (χ2n) is 9.31. The van der Waals surface area contributed by atoms with E-state index in [-0.39, 0.29) is 39.5 Å². The number of hydrogen-bond donors (Lipinski definition) is 1. The molecule has 0 aliphatic heterocycles. The first kappa shape index (κ1) is 21.9. The van der Waals surface area contributed by atoms with Crippen LogP contribution in [0.15, 0.2) is 12.2 Å². The first-order valence-electron chi connectivity index (χ1n) is 8.10. The fraction of sp³-hybridized carbons (Fsp3) is 0.778. The van der Waals surface area contributed by atoms with Gasteiger partial charge in [0.2, 0.25) is 0 Å². The van der Waals surface area contributed by atoms with Gasteiger partial charge in [-0.05, 0) is 21.5 Å². The van der Waals surface area contributed by atoms with Gasteiger partial charge >= 0.3 is 5.97 Å². The maximum absolute atomic E-state index is 12.5. The maximum Gasteiger partial charge on any atom is 0.330 e. The van der Waals surface area contributed by atoms with Crippen molar-refractivity contribution in [1.82, 2.24) is 0 Å². The number of aliphatic carboxylic acids is 1. The lowest BCUT2D eigenvalue weighted by atomic mass is 10.2. The van der Waals surface area contributed by atoms with Crippen molar-refractivity contribution < 1.29 is 19.1 Å². The maximum atomic E-state index is 12.5. The van der Waals surface area contributed by atoms with Crippen molar-refractivity contribution in [2.24, 2.45) is 0 Å². The Labute approximate surface area is 142 Å². The van der Waals surface area contributed by atoms with Crippen molar-refractivity contribution in [3.63, 3.8) is 0 Å². The molecule has 0 fully saturated rings. The Bertz CT molecular complexity index is 437. The van der Waals surface area contributed by atoms with Gasteiger partial charge in [0.05, 0.1) is 0 Å². The molecule has 0 bridgehead atoms. The van der Waals surface area contributed by atoms with Gasteiger partial charge in [0.1, 0.15) is 0 Å². The molecule has 0 spiro atoms. The third-order valence-corrected chi connectivity index (χ3v) is 11.2. The third-order valence-electron chi connectivity index (χ3n) is 4.37. The molecule has 0 aromatic carbocycles. The highest BCUT2D eigenvalue weighted by atomic mass is 28.4. The Kier molecular flexibility index (Phi) is 6.47. The van der Waals surface area contributed by atoms with Crippen LogP contribution in [0.2, 0.25) is 15.1 Å². The van der Waals surface area contributed by atoms with Crippen LogP contribution in [-0.4, -0.2) is 25.4 Å². The molecule has 0 aromatic heterocycles. The highest BCUT2D eigenvalue weighted by molar-refractivity contribution is 6.83. The molecule has 4 nitrogen and oxygen atoms in total. The summed E-state index contributed by atoms with van der Waals surface area (Å²) in [7, 11) is -2.59. The monoisotopic (exact) mass is 342 g/mol. The van der Waals surface area contributed by atoms with Gasteiger partial charge in [-0.1, -0.05) is 68.9 Å². The number of carboxylic acid groups (broad SMARTS) is 1. The zero-order valence-electron chi connectivity index (χ0n) is 16.3. The Hall–Kier alpha value is -1.10. The van der Waals surface area contributed by atoms with E-state index in [0.29, 0.717) is 0 Å². The zero-order valence-corrected chi connectivity index (χ0v) is 17.3. The summed E-state index contributed by atoms with van der Waals surface area (Å²) < 4.78 is 6.23.